The maximum atomic E-state index is 12.5. The zero-order valence-electron chi connectivity index (χ0n) is 13.2. The first kappa shape index (κ1) is 17.3. The molecule has 2 amide bonds. The summed E-state index contributed by atoms with van der Waals surface area (Å²) >= 11 is 2.70. The van der Waals surface area contributed by atoms with Crippen molar-refractivity contribution < 1.29 is 14.3 Å². The van der Waals surface area contributed by atoms with Gasteiger partial charge in [-0.2, -0.15) is 4.98 Å². The molecule has 0 saturated heterocycles. The molecular formula is C14H16N6O3S2. The van der Waals surface area contributed by atoms with Crippen molar-refractivity contribution in [3.63, 3.8) is 0 Å². The second-order valence-corrected chi connectivity index (χ2v) is 6.87. The first-order chi connectivity index (χ1) is 12.1. The number of esters is 1. The average molecular weight is 380 g/mol. The van der Waals surface area contributed by atoms with Crippen LogP contribution in [0.15, 0.2) is 33.9 Å². The summed E-state index contributed by atoms with van der Waals surface area (Å²) in [4.78, 5) is 29.4. The largest absolute Gasteiger partial charge is 0.463 e. The second-order valence-electron chi connectivity index (χ2n) is 4.95. The number of H-pyrrole nitrogens is 1. The molecule has 0 saturated carbocycles. The number of nitrogens with one attached hydrogen (secondary N) is 3. The Morgan fingerprint density at radius 3 is 3.00 bits per heavy atom. The molecule has 2 aromatic rings. The fraction of sp³-hybridized carbons (Fsp3) is 0.286. The van der Waals surface area contributed by atoms with Crippen molar-refractivity contribution in [1.82, 2.24) is 25.8 Å². The van der Waals surface area contributed by atoms with Crippen molar-refractivity contribution in [2.75, 3.05) is 18.1 Å². The third-order valence-electron chi connectivity index (χ3n) is 3.30. The fourth-order valence-corrected chi connectivity index (χ4v) is 3.87. The van der Waals surface area contributed by atoms with E-state index in [0.717, 1.165) is 4.88 Å². The highest BCUT2D eigenvalue weighted by atomic mass is 32.2. The minimum atomic E-state index is -0.555. The monoisotopic (exact) mass is 380 g/mol. The molecule has 0 radical (unpaired) electrons. The van der Waals surface area contributed by atoms with E-state index in [0.29, 0.717) is 22.2 Å². The lowest BCUT2D eigenvalue weighted by molar-refractivity contribution is -0.139. The molecule has 132 valence electrons. The van der Waals surface area contributed by atoms with Crippen molar-refractivity contribution in [3.8, 4) is 0 Å². The molecule has 3 rings (SSSR count). The number of nitrogens with zero attached hydrogens (tertiary/aromatic N) is 2. The van der Waals surface area contributed by atoms with E-state index in [2.05, 4.69) is 25.8 Å². The molecule has 11 heteroatoms. The number of amides is 2. The quantitative estimate of drug-likeness (QED) is 0.439. The number of thioether (sulfide) groups is 1. The van der Waals surface area contributed by atoms with Crippen molar-refractivity contribution in [2.24, 2.45) is 0 Å². The number of nitrogen functional groups attached to an aromatic ring is 1. The molecular weight excluding hydrogens is 364 g/mol. The molecule has 0 aromatic carbocycles. The summed E-state index contributed by atoms with van der Waals surface area (Å²) in [7, 11) is 0. The molecule has 5 N–H and O–H groups in total. The van der Waals surface area contributed by atoms with Gasteiger partial charge in [0, 0.05) is 16.3 Å². The Bertz CT molecular complexity index is 801. The summed E-state index contributed by atoms with van der Waals surface area (Å²) in [6, 6.07) is 2.79. The maximum absolute atomic E-state index is 12.5. The number of anilines is 1. The highest BCUT2D eigenvalue weighted by Gasteiger charge is 2.34. The van der Waals surface area contributed by atoms with E-state index < -0.39 is 12.0 Å². The second kappa shape index (κ2) is 7.57. The number of carbonyl (C=O) groups excluding carboxylic acids is 2. The summed E-state index contributed by atoms with van der Waals surface area (Å²) in [6.45, 7) is 1.98. The van der Waals surface area contributed by atoms with Gasteiger partial charge in [0.2, 0.25) is 11.1 Å². The number of rotatable bonds is 6. The molecule has 2 aromatic heterocycles. The highest BCUT2D eigenvalue weighted by molar-refractivity contribution is 7.99. The zero-order valence-corrected chi connectivity index (χ0v) is 14.9. The van der Waals surface area contributed by atoms with E-state index in [1.54, 1.807) is 6.92 Å². The van der Waals surface area contributed by atoms with E-state index in [1.807, 2.05) is 17.5 Å². The van der Waals surface area contributed by atoms with Gasteiger partial charge in [-0.1, -0.05) is 17.8 Å². The molecule has 3 heterocycles. The number of hydrogen-bond acceptors (Lipinski definition) is 8. The van der Waals surface area contributed by atoms with Gasteiger partial charge in [-0.15, -0.1) is 16.4 Å². The van der Waals surface area contributed by atoms with Crippen LogP contribution in [0, 0.1) is 0 Å². The molecule has 9 nitrogen and oxygen atoms in total. The lowest BCUT2D eigenvalue weighted by atomic mass is 10.0. The van der Waals surface area contributed by atoms with E-state index >= 15 is 0 Å². The molecule has 1 aliphatic heterocycles. The van der Waals surface area contributed by atoms with Crippen molar-refractivity contribution in [1.29, 1.82) is 0 Å². The van der Waals surface area contributed by atoms with Crippen LogP contribution in [0.3, 0.4) is 0 Å². The molecule has 1 aliphatic rings. The number of thiophene rings is 1. The van der Waals surface area contributed by atoms with Crippen LogP contribution < -0.4 is 16.4 Å². The van der Waals surface area contributed by atoms with Crippen LogP contribution in [-0.2, 0) is 9.53 Å². The number of aromatic amines is 1. The lowest BCUT2D eigenvalue weighted by Crippen LogP contribution is -2.46. The third-order valence-corrected chi connectivity index (χ3v) is 5.12. The molecule has 0 unspecified atom stereocenters. The number of urea groups is 1. The van der Waals surface area contributed by atoms with Crippen molar-refractivity contribution >= 4 is 41.0 Å². The Hall–Kier alpha value is -2.53. The number of carbonyl (C=O) groups is 2. The molecule has 0 aliphatic carbocycles. The third kappa shape index (κ3) is 3.94. The van der Waals surface area contributed by atoms with Gasteiger partial charge in [0.1, 0.15) is 0 Å². The van der Waals surface area contributed by atoms with Gasteiger partial charge in [0.15, 0.2) is 0 Å². The van der Waals surface area contributed by atoms with Gasteiger partial charge in [-0.05, 0) is 18.4 Å². The fourth-order valence-electron chi connectivity index (χ4n) is 2.31. The molecule has 1 atom stereocenters. The summed E-state index contributed by atoms with van der Waals surface area (Å²) < 4.78 is 5.18. The van der Waals surface area contributed by atoms with Crippen LogP contribution in [0.1, 0.15) is 17.8 Å². The van der Waals surface area contributed by atoms with Gasteiger partial charge in [-0.3, -0.25) is 0 Å². The minimum absolute atomic E-state index is 0.202. The van der Waals surface area contributed by atoms with E-state index in [9.17, 15) is 9.59 Å². The summed E-state index contributed by atoms with van der Waals surface area (Å²) in [6.07, 6.45) is 0. The summed E-state index contributed by atoms with van der Waals surface area (Å²) in [5.41, 5.74) is 6.35. The normalized spacial score (nSPS) is 17.2. The van der Waals surface area contributed by atoms with Crippen LogP contribution in [0.4, 0.5) is 10.7 Å². The van der Waals surface area contributed by atoms with Crippen molar-refractivity contribution in [3.05, 3.63) is 33.7 Å². The topological polar surface area (TPSA) is 135 Å². The molecule has 0 spiro atoms. The Kier molecular flexibility index (Phi) is 5.24. The molecule has 25 heavy (non-hydrogen) atoms. The predicted molar refractivity (Wildman–Crippen MR) is 93.9 cm³/mol. The minimum Gasteiger partial charge on any atom is -0.463 e. The Morgan fingerprint density at radius 1 is 1.52 bits per heavy atom. The maximum Gasteiger partial charge on any atom is 0.338 e. The smallest absolute Gasteiger partial charge is 0.338 e. The lowest BCUT2D eigenvalue weighted by Gasteiger charge is -2.28. The van der Waals surface area contributed by atoms with Crippen LogP contribution >= 0.6 is 23.1 Å². The zero-order chi connectivity index (χ0) is 17.8. The Labute approximate surface area is 151 Å². The summed E-state index contributed by atoms with van der Waals surface area (Å²) in [5.74, 6) is 0.0205. The predicted octanol–water partition coefficient (Wildman–Crippen LogP) is 1.41. The number of hydrogen-bond donors (Lipinski definition) is 4. The Balaban J connectivity index is 1.92. The van der Waals surface area contributed by atoms with Crippen LogP contribution in [0.2, 0.25) is 0 Å². The average Bonchev–Trinajstić information content (AvgIpc) is 3.24. The van der Waals surface area contributed by atoms with Gasteiger partial charge in [-0.25, -0.2) is 14.7 Å². The van der Waals surface area contributed by atoms with Crippen LogP contribution in [-0.4, -0.2) is 39.5 Å². The number of aromatic nitrogens is 3. The standard InChI is InChI=1S/C14H16N6O3S2/c1-2-23-11(21)9-7(6-25-14-18-12(15)19-20-14)16-13(22)17-10(9)8-4-3-5-24-8/h3-5,10H,2,6H2,1H3,(H2,16,17,22)(H3,15,18,19,20)/t10-/m1/s1. The Morgan fingerprint density at radius 2 is 2.36 bits per heavy atom. The first-order valence-corrected chi connectivity index (χ1v) is 9.26. The van der Waals surface area contributed by atoms with Gasteiger partial charge >= 0.3 is 12.0 Å². The van der Waals surface area contributed by atoms with E-state index in [4.69, 9.17) is 10.5 Å². The van der Waals surface area contributed by atoms with Crippen LogP contribution in [0.25, 0.3) is 0 Å². The molecule has 0 fully saturated rings. The van der Waals surface area contributed by atoms with Gasteiger partial charge in [0.25, 0.3) is 0 Å². The first-order valence-electron chi connectivity index (χ1n) is 7.40. The van der Waals surface area contributed by atoms with E-state index in [1.165, 1.54) is 23.1 Å². The number of nitrogens with two attached hydrogens (primary N) is 1. The molecule has 0 bridgehead atoms. The summed E-state index contributed by atoms with van der Waals surface area (Å²) in [5, 5.41) is 14.2. The van der Waals surface area contributed by atoms with Crippen LogP contribution in [0.5, 0.6) is 0 Å². The number of ether oxygens (including phenoxy) is 1. The van der Waals surface area contributed by atoms with Crippen molar-refractivity contribution in [2.45, 2.75) is 18.1 Å². The van der Waals surface area contributed by atoms with Gasteiger partial charge < -0.3 is 21.1 Å². The van der Waals surface area contributed by atoms with Gasteiger partial charge in [0.05, 0.1) is 18.2 Å². The SMILES string of the molecule is CCOC(=O)C1=C(CSc2n[nH]c(N)n2)NC(=O)N[C@@H]1c1cccs1. The van der Waals surface area contributed by atoms with E-state index in [-0.39, 0.29) is 18.6 Å². The highest BCUT2D eigenvalue weighted by Crippen LogP contribution is 2.32.